The SMILES string of the molecule is C=CCc1cccc(/C=N\Nc2ccc([N+](=O)[O-])cc2C(F)(F)F)c1O. The predicted octanol–water partition coefficient (Wildman–Crippen LogP) is 4.49. The maximum atomic E-state index is 13.1. The van der Waals surface area contributed by atoms with Crippen molar-refractivity contribution >= 4 is 17.6 Å². The van der Waals surface area contributed by atoms with E-state index in [1.165, 1.54) is 6.07 Å². The molecule has 0 unspecified atom stereocenters. The highest BCUT2D eigenvalue weighted by Gasteiger charge is 2.35. The van der Waals surface area contributed by atoms with Gasteiger partial charge in [0.05, 0.1) is 22.4 Å². The van der Waals surface area contributed by atoms with Gasteiger partial charge in [0.2, 0.25) is 0 Å². The Hall–Kier alpha value is -3.36. The minimum Gasteiger partial charge on any atom is -0.507 e. The minimum absolute atomic E-state index is 0.0577. The second-order valence-corrected chi connectivity index (χ2v) is 5.20. The highest BCUT2D eigenvalue weighted by Crippen LogP contribution is 2.37. The summed E-state index contributed by atoms with van der Waals surface area (Å²) in [7, 11) is 0. The van der Waals surface area contributed by atoms with Crippen LogP contribution in [0.3, 0.4) is 0 Å². The Labute approximate surface area is 146 Å². The molecule has 2 aromatic carbocycles. The molecule has 0 aliphatic heterocycles. The first-order chi connectivity index (χ1) is 12.2. The van der Waals surface area contributed by atoms with E-state index >= 15 is 0 Å². The molecule has 0 atom stereocenters. The molecule has 0 radical (unpaired) electrons. The van der Waals surface area contributed by atoms with Gasteiger partial charge in [-0.25, -0.2) is 0 Å². The molecule has 136 valence electrons. The zero-order chi connectivity index (χ0) is 19.3. The number of hydrogen-bond donors (Lipinski definition) is 2. The number of nitro groups is 1. The number of phenolic OH excluding ortho intramolecular Hbond substituents is 1. The van der Waals surface area contributed by atoms with E-state index in [1.54, 1.807) is 18.2 Å². The molecule has 2 rings (SSSR count). The molecule has 0 heterocycles. The molecule has 0 aliphatic rings. The summed E-state index contributed by atoms with van der Waals surface area (Å²) in [6, 6.07) is 7.17. The third-order valence-corrected chi connectivity index (χ3v) is 3.42. The van der Waals surface area contributed by atoms with Crippen LogP contribution in [0.1, 0.15) is 16.7 Å². The number of alkyl halides is 3. The van der Waals surface area contributed by atoms with E-state index in [-0.39, 0.29) is 5.75 Å². The number of phenols is 1. The van der Waals surface area contributed by atoms with E-state index in [1.807, 2.05) is 0 Å². The number of hydrogen-bond acceptors (Lipinski definition) is 5. The number of nitrogens with one attached hydrogen (secondary N) is 1. The van der Waals surface area contributed by atoms with Crippen LogP contribution >= 0.6 is 0 Å². The molecule has 0 amide bonds. The van der Waals surface area contributed by atoms with Crippen LogP contribution in [-0.2, 0) is 12.6 Å². The molecule has 0 aliphatic carbocycles. The number of benzene rings is 2. The molecule has 9 heteroatoms. The fourth-order valence-corrected chi connectivity index (χ4v) is 2.18. The van der Waals surface area contributed by atoms with Crippen LogP contribution in [0.25, 0.3) is 0 Å². The topological polar surface area (TPSA) is 87.8 Å². The summed E-state index contributed by atoms with van der Waals surface area (Å²) in [4.78, 5) is 9.76. The lowest BCUT2D eigenvalue weighted by molar-refractivity contribution is -0.385. The fraction of sp³-hybridized carbons (Fsp3) is 0.118. The zero-order valence-electron chi connectivity index (χ0n) is 13.3. The number of rotatable bonds is 6. The van der Waals surface area contributed by atoms with Gasteiger partial charge in [-0.05, 0) is 24.1 Å². The molecule has 26 heavy (non-hydrogen) atoms. The maximum absolute atomic E-state index is 13.1. The average Bonchev–Trinajstić information content (AvgIpc) is 2.57. The summed E-state index contributed by atoms with van der Waals surface area (Å²) < 4.78 is 39.2. The Morgan fingerprint density at radius 2 is 2.04 bits per heavy atom. The third-order valence-electron chi connectivity index (χ3n) is 3.42. The van der Waals surface area contributed by atoms with Crippen LogP contribution in [0.2, 0.25) is 0 Å². The number of nitrogens with zero attached hydrogens (tertiary/aromatic N) is 2. The van der Waals surface area contributed by atoms with Gasteiger partial charge in [0.25, 0.3) is 5.69 Å². The molecular weight excluding hydrogens is 351 g/mol. The quantitative estimate of drug-likeness (QED) is 0.342. The number of allylic oxidation sites excluding steroid dienone is 1. The number of halogens is 3. The van der Waals surface area contributed by atoms with Crippen molar-refractivity contribution in [2.24, 2.45) is 5.10 Å². The number of aromatic hydroxyl groups is 1. The first kappa shape index (κ1) is 19.0. The second-order valence-electron chi connectivity index (χ2n) is 5.20. The molecule has 0 spiro atoms. The van der Waals surface area contributed by atoms with Gasteiger partial charge in [-0.3, -0.25) is 15.5 Å². The fourth-order valence-electron chi connectivity index (χ4n) is 2.18. The number of para-hydroxylation sites is 1. The van der Waals surface area contributed by atoms with Gasteiger partial charge in [0.15, 0.2) is 0 Å². The molecule has 6 nitrogen and oxygen atoms in total. The summed E-state index contributed by atoms with van der Waals surface area (Å²) in [5.41, 5.74) is 0.763. The Morgan fingerprint density at radius 1 is 1.31 bits per heavy atom. The van der Waals surface area contributed by atoms with Crippen molar-refractivity contribution in [1.82, 2.24) is 0 Å². The van der Waals surface area contributed by atoms with Gasteiger partial charge >= 0.3 is 6.18 Å². The Bertz CT molecular complexity index is 864. The molecule has 0 bridgehead atoms. The molecule has 2 N–H and O–H groups in total. The van der Waals surface area contributed by atoms with Crippen molar-refractivity contribution < 1.29 is 23.2 Å². The van der Waals surface area contributed by atoms with Crippen molar-refractivity contribution in [1.29, 1.82) is 0 Å². The molecule has 0 fully saturated rings. The van der Waals surface area contributed by atoms with E-state index in [9.17, 15) is 28.4 Å². The van der Waals surface area contributed by atoms with E-state index in [4.69, 9.17) is 0 Å². The van der Waals surface area contributed by atoms with E-state index in [2.05, 4.69) is 17.1 Å². The van der Waals surface area contributed by atoms with Crippen LogP contribution < -0.4 is 5.43 Å². The zero-order valence-corrected chi connectivity index (χ0v) is 13.3. The van der Waals surface area contributed by atoms with Gasteiger partial charge in [-0.1, -0.05) is 18.2 Å². The van der Waals surface area contributed by atoms with Crippen molar-refractivity contribution in [3.05, 3.63) is 75.9 Å². The summed E-state index contributed by atoms with van der Waals surface area (Å²) in [5.74, 6) is -0.0577. The largest absolute Gasteiger partial charge is 0.507 e. The van der Waals surface area contributed by atoms with Crippen LogP contribution in [0, 0.1) is 10.1 Å². The van der Waals surface area contributed by atoms with Crippen molar-refractivity contribution in [3.8, 4) is 5.75 Å². The molecule has 2 aromatic rings. The van der Waals surface area contributed by atoms with Crippen LogP contribution in [0.4, 0.5) is 24.5 Å². The Kier molecular flexibility index (Phi) is 5.61. The van der Waals surface area contributed by atoms with Crippen molar-refractivity contribution in [2.45, 2.75) is 12.6 Å². The first-order valence-electron chi connectivity index (χ1n) is 7.30. The highest BCUT2D eigenvalue weighted by molar-refractivity contribution is 5.84. The number of nitro benzene ring substituents is 1. The van der Waals surface area contributed by atoms with E-state index in [0.29, 0.717) is 23.6 Å². The number of anilines is 1. The molecular formula is C17H14F3N3O3. The summed E-state index contributed by atoms with van der Waals surface area (Å²) in [6.07, 6.45) is -1.62. The first-order valence-corrected chi connectivity index (χ1v) is 7.30. The summed E-state index contributed by atoms with van der Waals surface area (Å²) in [6.45, 7) is 3.57. The van der Waals surface area contributed by atoms with Gasteiger partial charge in [-0.15, -0.1) is 6.58 Å². The van der Waals surface area contributed by atoms with E-state index in [0.717, 1.165) is 18.3 Å². The Morgan fingerprint density at radius 3 is 2.65 bits per heavy atom. The van der Waals surface area contributed by atoms with Gasteiger partial charge in [-0.2, -0.15) is 18.3 Å². The molecule has 0 aromatic heterocycles. The van der Waals surface area contributed by atoms with Gasteiger partial charge < -0.3 is 5.11 Å². The number of hydrazone groups is 1. The number of non-ortho nitro benzene ring substituents is 1. The standard InChI is InChI=1S/C17H14F3N3O3/c1-2-4-11-5-3-6-12(16(11)24)10-21-22-15-8-7-13(23(25)26)9-14(15)17(18,19)20/h2-3,5-10,22,24H,1,4H2/b21-10-. The van der Waals surface area contributed by atoms with Gasteiger partial charge in [0.1, 0.15) is 5.75 Å². The monoisotopic (exact) mass is 365 g/mol. The second kappa shape index (κ2) is 7.68. The van der Waals surface area contributed by atoms with E-state index < -0.39 is 28.0 Å². The smallest absolute Gasteiger partial charge is 0.418 e. The van der Waals surface area contributed by atoms with Crippen LogP contribution in [-0.4, -0.2) is 16.2 Å². The molecule has 0 saturated carbocycles. The average molecular weight is 365 g/mol. The third kappa shape index (κ3) is 4.38. The summed E-state index contributed by atoms with van der Waals surface area (Å²) in [5, 5.41) is 24.4. The highest BCUT2D eigenvalue weighted by atomic mass is 19.4. The lowest BCUT2D eigenvalue weighted by Gasteiger charge is -2.12. The molecule has 0 saturated heterocycles. The maximum Gasteiger partial charge on any atom is 0.418 e. The van der Waals surface area contributed by atoms with Crippen molar-refractivity contribution in [2.75, 3.05) is 5.43 Å². The Balaban J connectivity index is 2.29. The lowest BCUT2D eigenvalue weighted by Crippen LogP contribution is -2.09. The minimum atomic E-state index is -4.80. The lowest BCUT2D eigenvalue weighted by atomic mass is 10.1. The van der Waals surface area contributed by atoms with Crippen molar-refractivity contribution in [3.63, 3.8) is 0 Å². The normalized spacial score (nSPS) is 11.5. The van der Waals surface area contributed by atoms with Crippen LogP contribution in [0.5, 0.6) is 5.75 Å². The van der Waals surface area contributed by atoms with Gasteiger partial charge in [0, 0.05) is 17.7 Å². The summed E-state index contributed by atoms with van der Waals surface area (Å²) >= 11 is 0. The predicted molar refractivity (Wildman–Crippen MR) is 91.3 cm³/mol. The van der Waals surface area contributed by atoms with Crippen LogP contribution in [0.15, 0.2) is 54.2 Å².